The number of aliphatic hydroxyl groups is 1. The molecule has 1 saturated heterocycles. The van der Waals surface area contributed by atoms with Crippen LogP contribution in [0.25, 0.3) is 0 Å². The maximum absolute atomic E-state index is 12.8. The molecule has 11 nitrogen and oxygen atoms in total. The van der Waals surface area contributed by atoms with E-state index in [9.17, 15) is 14.7 Å². The Morgan fingerprint density at radius 3 is 2.54 bits per heavy atom. The normalized spacial score (nSPS) is 21.9. The van der Waals surface area contributed by atoms with Gasteiger partial charge in [-0.3, -0.25) is 9.69 Å². The number of nitrogens with zero attached hydrogens (tertiary/aromatic N) is 5. The second-order valence-corrected chi connectivity index (χ2v) is 8.48. The van der Waals surface area contributed by atoms with Crippen molar-refractivity contribution in [1.29, 1.82) is 0 Å². The number of hydrogen-bond donors (Lipinski definition) is 3. The standard InChI is InChI=1S/C22H29N7O4.2C2H6/c1-14-16(3-4-17-18(14)12-33-22(17)32)19(30)11-27-6-8-28(9-7-27)21(31)15-2-5-20(25-10-15)29(24)13-26-23;2*1-2/h2-5,10,13-14,16,19,30H,6-9,11-12,23-24H2,1H3;2*1-2H3/b26-13-;;. The van der Waals surface area contributed by atoms with Crippen molar-refractivity contribution in [3.05, 3.63) is 47.2 Å². The van der Waals surface area contributed by atoms with Crippen molar-refractivity contribution in [3.8, 4) is 0 Å². The van der Waals surface area contributed by atoms with Gasteiger partial charge in [0, 0.05) is 44.8 Å². The number of hydrazine groups is 1. The van der Waals surface area contributed by atoms with E-state index in [1.54, 1.807) is 23.1 Å². The molecule has 2 aliphatic heterocycles. The number of cyclic esters (lactones) is 1. The monoisotopic (exact) mass is 515 g/mol. The van der Waals surface area contributed by atoms with Gasteiger partial charge in [-0.25, -0.2) is 20.6 Å². The third-order valence-electron chi connectivity index (χ3n) is 6.54. The molecule has 5 N–H and O–H groups in total. The van der Waals surface area contributed by atoms with E-state index in [0.717, 1.165) is 10.6 Å². The van der Waals surface area contributed by atoms with E-state index >= 15 is 0 Å². The number of anilines is 1. The molecule has 4 rings (SSSR count). The molecular weight excluding hydrogens is 474 g/mol. The number of ether oxygens (including phenoxy) is 1. The lowest BCUT2D eigenvalue weighted by atomic mass is 9.78. The van der Waals surface area contributed by atoms with Crippen LogP contribution >= 0.6 is 0 Å². The molecule has 1 aliphatic carbocycles. The van der Waals surface area contributed by atoms with E-state index in [-0.39, 0.29) is 23.7 Å². The molecule has 1 amide bonds. The number of β-amino-alcohol motifs (C(OH)–C–C–N with tert-alkyl or cyclic N) is 1. The highest BCUT2D eigenvalue weighted by molar-refractivity contribution is 5.95. The molecule has 37 heavy (non-hydrogen) atoms. The number of carbonyl (C=O) groups is 2. The summed E-state index contributed by atoms with van der Waals surface area (Å²) in [6.45, 7) is 13.3. The van der Waals surface area contributed by atoms with Gasteiger partial charge in [-0.1, -0.05) is 46.8 Å². The number of aliphatic hydroxyl groups excluding tert-OH is 1. The zero-order valence-corrected chi connectivity index (χ0v) is 22.5. The van der Waals surface area contributed by atoms with Crippen molar-refractivity contribution >= 4 is 24.0 Å². The lowest BCUT2D eigenvalue weighted by Crippen LogP contribution is -2.51. The Bertz CT molecular complexity index is 985. The van der Waals surface area contributed by atoms with Gasteiger partial charge in [0.1, 0.15) is 18.8 Å². The zero-order valence-electron chi connectivity index (χ0n) is 22.5. The van der Waals surface area contributed by atoms with Crippen LogP contribution in [0.2, 0.25) is 0 Å². The minimum Gasteiger partial charge on any atom is -0.458 e. The average Bonchev–Trinajstić information content (AvgIpc) is 3.32. The Labute approximate surface area is 219 Å². The molecule has 0 bridgehead atoms. The Morgan fingerprint density at radius 1 is 1.27 bits per heavy atom. The summed E-state index contributed by atoms with van der Waals surface area (Å²) >= 11 is 0. The quantitative estimate of drug-likeness (QED) is 0.168. The first-order chi connectivity index (χ1) is 17.9. The molecule has 0 spiro atoms. The smallest absolute Gasteiger partial charge is 0.338 e. The van der Waals surface area contributed by atoms with Gasteiger partial charge in [0.15, 0.2) is 0 Å². The van der Waals surface area contributed by atoms with Gasteiger partial charge < -0.3 is 20.6 Å². The predicted octanol–water partition coefficient (Wildman–Crippen LogP) is 1.51. The molecule has 1 aromatic heterocycles. The van der Waals surface area contributed by atoms with Gasteiger partial charge >= 0.3 is 5.97 Å². The van der Waals surface area contributed by atoms with Crippen LogP contribution in [0.3, 0.4) is 0 Å². The molecule has 0 aromatic carbocycles. The van der Waals surface area contributed by atoms with Crippen molar-refractivity contribution in [1.82, 2.24) is 14.8 Å². The fourth-order valence-electron chi connectivity index (χ4n) is 4.55. The second kappa shape index (κ2) is 14.5. The Kier molecular flexibility index (Phi) is 11.7. The molecule has 3 atom stereocenters. The molecular formula is C26H41N7O4. The number of rotatable bonds is 6. The summed E-state index contributed by atoms with van der Waals surface area (Å²) in [6.07, 6.45) is 5.82. The fourth-order valence-corrected chi connectivity index (χ4v) is 4.55. The number of piperazine rings is 1. The van der Waals surface area contributed by atoms with Crippen LogP contribution in [0.1, 0.15) is 45.0 Å². The van der Waals surface area contributed by atoms with Crippen LogP contribution in [0.4, 0.5) is 5.82 Å². The largest absolute Gasteiger partial charge is 0.458 e. The third-order valence-corrected chi connectivity index (χ3v) is 6.54. The van der Waals surface area contributed by atoms with E-state index in [4.69, 9.17) is 16.4 Å². The first-order valence-corrected chi connectivity index (χ1v) is 12.9. The van der Waals surface area contributed by atoms with E-state index < -0.39 is 6.10 Å². The van der Waals surface area contributed by atoms with Gasteiger partial charge in [-0.15, -0.1) is 0 Å². The van der Waals surface area contributed by atoms with Gasteiger partial charge in [0.2, 0.25) is 0 Å². The second-order valence-electron chi connectivity index (χ2n) is 8.48. The fraction of sp³-hybridized carbons (Fsp3) is 0.538. The number of amides is 1. The molecule has 3 aliphatic rings. The summed E-state index contributed by atoms with van der Waals surface area (Å²) in [7, 11) is 0. The number of pyridine rings is 1. The number of aromatic nitrogens is 1. The summed E-state index contributed by atoms with van der Waals surface area (Å²) < 4.78 is 5.13. The minimum atomic E-state index is -0.573. The van der Waals surface area contributed by atoms with Crippen molar-refractivity contribution in [2.75, 3.05) is 44.3 Å². The molecule has 1 aromatic rings. The summed E-state index contributed by atoms with van der Waals surface area (Å²) in [4.78, 5) is 32.7. The molecule has 11 heteroatoms. The van der Waals surface area contributed by atoms with Crippen LogP contribution < -0.4 is 16.7 Å². The summed E-state index contributed by atoms with van der Waals surface area (Å²) in [6, 6.07) is 3.30. The van der Waals surface area contributed by atoms with Crippen molar-refractivity contribution < 1.29 is 19.4 Å². The van der Waals surface area contributed by atoms with Gasteiger partial charge in [-0.05, 0) is 23.6 Å². The zero-order chi connectivity index (χ0) is 27.5. The first kappa shape index (κ1) is 29.9. The Morgan fingerprint density at radius 2 is 1.95 bits per heavy atom. The number of carbonyl (C=O) groups excluding carboxylic acids is 2. The molecule has 0 radical (unpaired) electrons. The number of hydrazone groups is 1. The number of esters is 1. The average molecular weight is 516 g/mol. The van der Waals surface area contributed by atoms with Crippen molar-refractivity contribution in [3.63, 3.8) is 0 Å². The summed E-state index contributed by atoms with van der Waals surface area (Å²) in [5.41, 5.74) is 2.07. The number of hydrogen-bond acceptors (Lipinski definition) is 9. The predicted molar refractivity (Wildman–Crippen MR) is 144 cm³/mol. The van der Waals surface area contributed by atoms with Gasteiger partial charge in [0.05, 0.1) is 17.2 Å². The van der Waals surface area contributed by atoms with Crippen LogP contribution in [0.5, 0.6) is 0 Å². The summed E-state index contributed by atoms with van der Waals surface area (Å²) in [5, 5.41) is 15.4. The lowest BCUT2D eigenvalue weighted by molar-refractivity contribution is -0.135. The van der Waals surface area contributed by atoms with Crippen LogP contribution in [-0.2, 0) is 9.53 Å². The Balaban J connectivity index is 0.00000115. The third kappa shape index (κ3) is 7.15. The molecule has 3 unspecified atom stereocenters. The topological polar surface area (TPSA) is 151 Å². The van der Waals surface area contributed by atoms with E-state index in [1.165, 1.54) is 12.5 Å². The highest BCUT2D eigenvalue weighted by Gasteiger charge is 2.36. The Hall–Kier alpha value is -3.28. The molecule has 1 fully saturated rings. The SMILES string of the molecule is CC.CC.CC1C2=C(C=CC1C(O)CN1CCN(C(=O)c3ccc(N(N)/C=N\N)nc3)CC1)C(=O)OC2. The van der Waals surface area contributed by atoms with Crippen LogP contribution in [0, 0.1) is 11.8 Å². The minimum absolute atomic E-state index is 0.0466. The molecule has 204 valence electrons. The maximum atomic E-state index is 12.8. The number of nitrogens with two attached hydrogens (primary N) is 2. The van der Waals surface area contributed by atoms with Crippen molar-refractivity contribution in [2.45, 2.75) is 40.7 Å². The summed E-state index contributed by atoms with van der Waals surface area (Å²) in [5.74, 6) is 10.8. The molecule has 0 saturated carbocycles. The van der Waals surface area contributed by atoms with Crippen LogP contribution in [0.15, 0.2) is 46.7 Å². The first-order valence-electron chi connectivity index (χ1n) is 12.9. The van der Waals surface area contributed by atoms with Crippen LogP contribution in [-0.4, -0.2) is 83.5 Å². The highest BCUT2D eigenvalue weighted by Crippen LogP contribution is 2.36. The van der Waals surface area contributed by atoms with Gasteiger partial charge in [-0.2, -0.15) is 5.10 Å². The van der Waals surface area contributed by atoms with E-state index in [2.05, 4.69) is 15.0 Å². The highest BCUT2D eigenvalue weighted by atomic mass is 16.5. The van der Waals surface area contributed by atoms with E-state index in [1.807, 2.05) is 40.7 Å². The lowest BCUT2D eigenvalue weighted by Gasteiger charge is -2.38. The van der Waals surface area contributed by atoms with Gasteiger partial charge in [0.25, 0.3) is 5.91 Å². The maximum Gasteiger partial charge on any atom is 0.338 e. The van der Waals surface area contributed by atoms with Crippen molar-refractivity contribution in [2.24, 2.45) is 28.6 Å². The van der Waals surface area contributed by atoms with E-state index in [0.29, 0.717) is 56.3 Å². The molecule has 3 heterocycles.